The number of anilines is 1. The Kier molecular flexibility index (Phi) is 4.33. The standard InChI is InChI=1S/C10H15N5OS/c1-14(2)8(16)6-15(3)10-7(9(11)17)4-5-12-13-10/h4-5H,6H2,1-3H3,(H2,11,17). The van der Waals surface area contributed by atoms with E-state index in [0.717, 1.165) is 0 Å². The lowest BCUT2D eigenvalue weighted by molar-refractivity contribution is -0.127. The van der Waals surface area contributed by atoms with Crippen LogP contribution < -0.4 is 10.6 Å². The lowest BCUT2D eigenvalue weighted by Gasteiger charge is -2.21. The normalized spacial score (nSPS) is 9.82. The third-order valence-electron chi connectivity index (χ3n) is 2.20. The third kappa shape index (κ3) is 3.35. The van der Waals surface area contributed by atoms with E-state index in [9.17, 15) is 4.79 Å². The first kappa shape index (κ1) is 13.3. The van der Waals surface area contributed by atoms with Crippen LogP contribution in [-0.2, 0) is 4.79 Å². The fourth-order valence-electron chi connectivity index (χ4n) is 1.22. The van der Waals surface area contributed by atoms with Crippen molar-refractivity contribution < 1.29 is 4.79 Å². The lowest BCUT2D eigenvalue weighted by atomic mass is 10.2. The van der Waals surface area contributed by atoms with Gasteiger partial charge in [-0.2, -0.15) is 5.10 Å². The van der Waals surface area contributed by atoms with Crippen molar-refractivity contribution >= 4 is 28.9 Å². The molecule has 1 heterocycles. The second-order valence-corrected chi connectivity index (χ2v) is 4.22. The number of hydrogen-bond donors (Lipinski definition) is 1. The molecule has 0 radical (unpaired) electrons. The van der Waals surface area contributed by atoms with E-state index in [0.29, 0.717) is 11.4 Å². The van der Waals surface area contributed by atoms with Crippen LogP contribution in [0, 0.1) is 0 Å². The zero-order chi connectivity index (χ0) is 13.0. The number of thiocarbonyl (C=S) groups is 1. The second-order valence-electron chi connectivity index (χ2n) is 3.78. The number of nitrogens with two attached hydrogens (primary N) is 1. The molecular weight excluding hydrogens is 238 g/mol. The molecule has 0 atom stereocenters. The molecule has 17 heavy (non-hydrogen) atoms. The summed E-state index contributed by atoms with van der Waals surface area (Å²) in [4.78, 5) is 15.0. The molecule has 1 aromatic rings. The van der Waals surface area contributed by atoms with Gasteiger partial charge in [-0.3, -0.25) is 4.79 Å². The molecule has 0 aliphatic heterocycles. The molecule has 0 fully saturated rings. The van der Waals surface area contributed by atoms with Crippen molar-refractivity contribution in [1.82, 2.24) is 15.1 Å². The fraction of sp³-hybridized carbons (Fsp3) is 0.400. The number of likely N-dealkylation sites (N-methyl/N-ethyl adjacent to an activating group) is 2. The van der Waals surface area contributed by atoms with Gasteiger partial charge in [0, 0.05) is 21.1 Å². The quantitative estimate of drug-likeness (QED) is 0.738. The summed E-state index contributed by atoms with van der Waals surface area (Å²) in [5, 5.41) is 7.72. The number of amides is 1. The highest BCUT2D eigenvalue weighted by Crippen LogP contribution is 2.14. The van der Waals surface area contributed by atoms with Gasteiger partial charge >= 0.3 is 0 Å². The molecule has 0 aromatic carbocycles. The number of carbonyl (C=O) groups is 1. The average molecular weight is 253 g/mol. The fourth-order valence-corrected chi connectivity index (χ4v) is 1.38. The first-order valence-electron chi connectivity index (χ1n) is 4.96. The van der Waals surface area contributed by atoms with Gasteiger partial charge in [-0.25, -0.2) is 0 Å². The molecule has 2 N–H and O–H groups in total. The van der Waals surface area contributed by atoms with Crippen molar-refractivity contribution in [2.75, 3.05) is 32.6 Å². The smallest absolute Gasteiger partial charge is 0.241 e. The number of carbonyl (C=O) groups excluding carboxylic acids is 1. The summed E-state index contributed by atoms with van der Waals surface area (Å²) in [5.41, 5.74) is 6.20. The van der Waals surface area contributed by atoms with Crippen LogP contribution >= 0.6 is 12.2 Å². The van der Waals surface area contributed by atoms with E-state index < -0.39 is 0 Å². The zero-order valence-corrected chi connectivity index (χ0v) is 10.9. The Hall–Kier alpha value is -1.76. The summed E-state index contributed by atoms with van der Waals surface area (Å²) >= 11 is 4.92. The molecule has 0 saturated carbocycles. The van der Waals surface area contributed by atoms with Crippen molar-refractivity contribution in [3.63, 3.8) is 0 Å². The van der Waals surface area contributed by atoms with E-state index in [4.69, 9.17) is 18.0 Å². The van der Waals surface area contributed by atoms with Crippen LogP contribution in [0.3, 0.4) is 0 Å². The van der Waals surface area contributed by atoms with Crippen molar-refractivity contribution in [3.05, 3.63) is 17.8 Å². The Morgan fingerprint density at radius 1 is 1.47 bits per heavy atom. The lowest BCUT2D eigenvalue weighted by Crippen LogP contribution is -2.35. The highest BCUT2D eigenvalue weighted by molar-refractivity contribution is 7.80. The molecule has 1 amide bonds. The van der Waals surface area contributed by atoms with Crippen molar-refractivity contribution in [3.8, 4) is 0 Å². The maximum atomic E-state index is 11.6. The van der Waals surface area contributed by atoms with Gasteiger partial charge in [0.25, 0.3) is 0 Å². The summed E-state index contributed by atoms with van der Waals surface area (Å²) in [6.07, 6.45) is 1.51. The maximum Gasteiger partial charge on any atom is 0.241 e. The summed E-state index contributed by atoms with van der Waals surface area (Å²) in [6, 6.07) is 1.68. The predicted octanol–water partition coefficient (Wildman–Crippen LogP) is -0.365. The van der Waals surface area contributed by atoms with Gasteiger partial charge in [-0.1, -0.05) is 12.2 Å². The minimum absolute atomic E-state index is 0.0351. The number of nitrogens with zero attached hydrogens (tertiary/aromatic N) is 4. The Balaban J connectivity index is 2.92. The summed E-state index contributed by atoms with van der Waals surface area (Å²) in [6.45, 7) is 0.196. The van der Waals surface area contributed by atoms with E-state index in [1.165, 1.54) is 11.1 Å². The third-order valence-corrected chi connectivity index (χ3v) is 2.42. The molecule has 0 spiro atoms. The Morgan fingerprint density at radius 2 is 2.12 bits per heavy atom. The monoisotopic (exact) mass is 253 g/mol. The van der Waals surface area contributed by atoms with Gasteiger partial charge < -0.3 is 15.5 Å². The van der Waals surface area contributed by atoms with E-state index in [2.05, 4.69) is 10.2 Å². The number of rotatable bonds is 4. The SMILES string of the molecule is CN(C)C(=O)CN(C)c1nnccc1C(N)=S. The van der Waals surface area contributed by atoms with Crippen LogP contribution in [0.25, 0.3) is 0 Å². The first-order chi connectivity index (χ1) is 7.93. The molecule has 7 heteroatoms. The second kappa shape index (κ2) is 5.53. The number of hydrogen-bond acceptors (Lipinski definition) is 5. The summed E-state index contributed by atoms with van der Waals surface area (Å²) in [7, 11) is 5.13. The molecule has 0 bridgehead atoms. The largest absolute Gasteiger partial charge is 0.389 e. The summed E-state index contributed by atoms with van der Waals surface area (Å²) < 4.78 is 0. The highest BCUT2D eigenvalue weighted by Gasteiger charge is 2.15. The van der Waals surface area contributed by atoms with E-state index in [1.807, 2.05) is 0 Å². The molecule has 92 valence electrons. The van der Waals surface area contributed by atoms with Crippen LogP contribution in [0.4, 0.5) is 5.82 Å². The van der Waals surface area contributed by atoms with E-state index in [-0.39, 0.29) is 17.4 Å². The minimum Gasteiger partial charge on any atom is -0.389 e. The zero-order valence-electron chi connectivity index (χ0n) is 10.0. The molecule has 0 saturated heterocycles. The topological polar surface area (TPSA) is 75.4 Å². The van der Waals surface area contributed by atoms with Crippen LogP contribution in [0.1, 0.15) is 5.56 Å². The Morgan fingerprint density at radius 3 is 2.65 bits per heavy atom. The van der Waals surface area contributed by atoms with Crippen LogP contribution in [-0.4, -0.2) is 53.7 Å². The van der Waals surface area contributed by atoms with Crippen molar-refractivity contribution in [2.24, 2.45) is 5.73 Å². The van der Waals surface area contributed by atoms with Gasteiger partial charge in [-0.15, -0.1) is 5.10 Å². The maximum absolute atomic E-state index is 11.6. The van der Waals surface area contributed by atoms with Crippen molar-refractivity contribution in [1.29, 1.82) is 0 Å². The predicted molar refractivity (Wildman–Crippen MR) is 69.9 cm³/mol. The Bertz CT molecular complexity index is 434. The van der Waals surface area contributed by atoms with Crippen LogP contribution in [0.15, 0.2) is 12.3 Å². The van der Waals surface area contributed by atoms with E-state index in [1.54, 1.807) is 32.1 Å². The van der Waals surface area contributed by atoms with Gasteiger partial charge in [-0.05, 0) is 6.07 Å². The van der Waals surface area contributed by atoms with Gasteiger partial charge in [0.15, 0.2) is 5.82 Å². The molecule has 0 aliphatic carbocycles. The number of aromatic nitrogens is 2. The molecule has 0 unspecified atom stereocenters. The molecule has 1 rings (SSSR count). The van der Waals surface area contributed by atoms with Crippen LogP contribution in [0.2, 0.25) is 0 Å². The highest BCUT2D eigenvalue weighted by atomic mass is 32.1. The van der Waals surface area contributed by atoms with Gasteiger partial charge in [0.05, 0.1) is 18.3 Å². The summed E-state index contributed by atoms with van der Waals surface area (Å²) in [5.74, 6) is 0.474. The minimum atomic E-state index is -0.0351. The van der Waals surface area contributed by atoms with Gasteiger partial charge in [0.2, 0.25) is 5.91 Å². The Labute approximate surface area is 105 Å². The van der Waals surface area contributed by atoms with Gasteiger partial charge in [0.1, 0.15) is 4.99 Å². The average Bonchev–Trinajstić information content (AvgIpc) is 2.28. The molecular formula is C10H15N5OS. The van der Waals surface area contributed by atoms with E-state index >= 15 is 0 Å². The first-order valence-corrected chi connectivity index (χ1v) is 5.37. The van der Waals surface area contributed by atoms with Crippen molar-refractivity contribution in [2.45, 2.75) is 0 Å². The molecule has 6 nitrogen and oxygen atoms in total. The van der Waals surface area contributed by atoms with Crippen LogP contribution in [0.5, 0.6) is 0 Å². The molecule has 0 aliphatic rings. The molecule has 1 aromatic heterocycles.